The fraction of sp³-hybridized carbons (Fsp3) is 0.808. The molecule has 12 nitrogen and oxygen atoms in total. The lowest BCUT2D eigenvalue weighted by atomic mass is 9.92. The number of aliphatic hydroxyl groups is 3. The lowest BCUT2D eigenvalue weighted by molar-refractivity contribution is -0.205. The number of alkyl halides is 3. The normalized spacial score (nSPS) is 30.0. The van der Waals surface area contributed by atoms with Gasteiger partial charge in [-0.3, -0.25) is 9.69 Å². The van der Waals surface area contributed by atoms with Crippen LogP contribution in [0.15, 0.2) is 13.6 Å². The first-order chi connectivity index (χ1) is 19.8. The molecule has 1 aromatic rings. The van der Waals surface area contributed by atoms with E-state index in [-0.39, 0.29) is 36.8 Å². The molecule has 2 fully saturated rings. The minimum atomic E-state index is -2.41. The summed E-state index contributed by atoms with van der Waals surface area (Å²) in [4.78, 5) is 39.5. The lowest BCUT2D eigenvalue weighted by Gasteiger charge is -2.44. The van der Waals surface area contributed by atoms with Crippen LogP contribution in [0.5, 0.6) is 0 Å². The van der Waals surface area contributed by atoms with Gasteiger partial charge in [-0.1, -0.05) is 6.42 Å². The molecule has 42 heavy (non-hydrogen) atoms. The predicted octanol–water partition coefficient (Wildman–Crippen LogP) is 2.37. The van der Waals surface area contributed by atoms with Gasteiger partial charge in [-0.15, -0.1) is 23.4 Å². The van der Waals surface area contributed by atoms with Crippen LogP contribution in [-0.2, 0) is 20.9 Å². The number of carbonyl (C=O) groups is 2. The molecule has 2 amide bonds. The number of aryl methyl sites for hydroxylation is 1. The van der Waals surface area contributed by atoms with Crippen LogP contribution in [0.25, 0.3) is 0 Å². The van der Waals surface area contributed by atoms with Crippen LogP contribution in [0.3, 0.4) is 0 Å². The number of rotatable bonds is 11. The Morgan fingerprint density at radius 3 is 2.48 bits per heavy atom. The predicted molar refractivity (Wildman–Crippen MR) is 147 cm³/mol. The van der Waals surface area contributed by atoms with Crippen molar-refractivity contribution < 1.29 is 52.0 Å². The summed E-state index contributed by atoms with van der Waals surface area (Å²) in [7, 11) is 0. The number of aliphatic hydroxyl groups excluding tert-OH is 3. The monoisotopic (exact) mass is 644 g/mol. The Balaban J connectivity index is 1.79. The zero-order valence-corrected chi connectivity index (χ0v) is 25.2. The highest BCUT2D eigenvalue weighted by molar-refractivity contribution is 7.99. The van der Waals surface area contributed by atoms with E-state index < -0.39 is 78.2 Å². The maximum atomic E-state index is 13.7. The Morgan fingerprint density at radius 1 is 1.17 bits per heavy atom. The van der Waals surface area contributed by atoms with Crippen molar-refractivity contribution in [2.45, 2.75) is 113 Å². The zero-order chi connectivity index (χ0) is 31.1. The molecular weight excluding hydrogens is 606 g/mol. The molecule has 240 valence electrons. The van der Waals surface area contributed by atoms with Crippen LogP contribution in [0, 0.1) is 12.8 Å². The molecule has 4 N–H and O–H groups in total. The Labute approximate surface area is 251 Å². The number of carbonyl (C=O) groups excluding carboxylic acids is 2. The van der Waals surface area contributed by atoms with Gasteiger partial charge in [0.1, 0.15) is 35.9 Å². The van der Waals surface area contributed by atoms with E-state index in [0.29, 0.717) is 25.7 Å². The van der Waals surface area contributed by atoms with E-state index in [0.717, 1.165) is 11.8 Å². The molecule has 0 spiro atoms. The van der Waals surface area contributed by atoms with Gasteiger partial charge in [-0.05, 0) is 51.7 Å². The first kappa shape index (κ1) is 34.6. The van der Waals surface area contributed by atoms with E-state index in [2.05, 4.69) is 5.32 Å². The largest absolute Gasteiger partial charge is 0.519 e. The number of halogens is 3. The average molecular weight is 645 g/mol. The minimum absolute atomic E-state index is 0.0117. The number of ether oxygens (including phenoxy) is 2. The summed E-state index contributed by atoms with van der Waals surface area (Å²) in [6.07, 6.45) is -5.63. The number of likely N-dealkylation sites (tertiary alicyclic amines) is 1. The van der Waals surface area contributed by atoms with Crippen molar-refractivity contribution in [2.75, 3.05) is 12.8 Å². The third-order valence-corrected chi connectivity index (χ3v) is 8.86. The van der Waals surface area contributed by atoms with E-state index in [1.54, 1.807) is 13.2 Å². The molecule has 9 unspecified atom stereocenters. The smallest absolute Gasteiger partial charge is 0.441 e. The molecule has 2 saturated heterocycles. The third kappa shape index (κ3) is 8.82. The van der Waals surface area contributed by atoms with Crippen LogP contribution < -0.4 is 11.1 Å². The van der Waals surface area contributed by atoms with Crippen molar-refractivity contribution >= 4 is 35.4 Å². The molecule has 2 aliphatic rings. The van der Waals surface area contributed by atoms with E-state index in [1.165, 1.54) is 11.8 Å². The Kier molecular flexibility index (Phi) is 12.9. The molecule has 2 aliphatic heterocycles. The van der Waals surface area contributed by atoms with Crippen molar-refractivity contribution in [3.05, 3.63) is 22.1 Å². The Bertz CT molecular complexity index is 1090. The van der Waals surface area contributed by atoms with Crippen molar-refractivity contribution in [1.82, 2.24) is 10.2 Å². The number of amides is 2. The zero-order valence-electron chi connectivity index (χ0n) is 23.6. The summed E-state index contributed by atoms with van der Waals surface area (Å²) in [6, 6.07) is -2.09. The lowest BCUT2D eigenvalue weighted by Crippen LogP contribution is -2.65. The first-order valence-electron chi connectivity index (χ1n) is 13.8. The second-order valence-electron chi connectivity index (χ2n) is 10.6. The second-order valence-corrected chi connectivity index (χ2v) is 12.3. The van der Waals surface area contributed by atoms with Crippen molar-refractivity contribution in [3.8, 4) is 0 Å². The maximum Gasteiger partial charge on any atom is 0.519 e. The fourth-order valence-electron chi connectivity index (χ4n) is 5.31. The quantitative estimate of drug-likeness (QED) is 0.261. The highest BCUT2D eigenvalue weighted by Crippen LogP contribution is 2.31. The van der Waals surface area contributed by atoms with Gasteiger partial charge in [-0.25, -0.2) is 18.4 Å². The average Bonchev–Trinajstić information content (AvgIpc) is 3.12. The van der Waals surface area contributed by atoms with E-state index in [1.807, 2.05) is 0 Å². The van der Waals surface area contributed by atoms with Crippen LogP contribution in [0.4, 0.5) is 13.6 Å². The van der Waals surface area contributed by atoms with E-state index in [9.17, 15) is 38.5 Å². The standard InChI is InChI=1S/C26H39ClF2N2O10S/c1-12(27)18(22-20(33)19(32)21(34)24(41-22)42-3)30-23(35)15-8-7-14(5-4-6-17(28)29)9-10-31(15)25(36)38-11-16-13(2)39-26(37)40-16/h12,14-15,17-22,24,32-34H,4-11H2,1-3H3,(H,30,35). The molecule has 1 aromatic heterocycles. The molecule has 0 aliphatic carbocycles. The van der Waals surface area contributed by atoms with Gasteiger partial charge in [0.25, 0.3) is 0 Å². The molecule has 0 radical (unpaired) electrons. The molecule has 9 atom stereocenters. The Morgan fingerprint density at radius 2 is 1.88 bits per heavy atom. The summed E-state index contributed by atoms with van der Waals surface area (Å²) in [5.41, 5.74) is -0.895. The van der Waals surface area contributed by atoms with Crippen LogP contribution >= 0.6 is 23.4 Å². The summed E-state index contributed by atoms with van der Waals surface area (Å²) in [5.74, 6) is -1.44. The Hall–Kier alpha value is -1.91. The van der Waals surface area contributed by atoms with Gasteiger partial charge < -0.3 is 38.9 Å². The van der Waals surface area contributed by atoms with Crippen molar-refractivity contribution in [3.63, 3.8) is 0 Å². The minimum Gasteiger partial charge on any atom is -0.441 e. The number of thioether (sulfide) groups is 1. The van der Waals surface area contributed by atoms with Gasteiger partial charge in [-0.2, -0.15) is 0 Å². The number of hydrogen-bond acceptors (Lipinski definition) is 11. The van der Waals surface area contributed by atoms with Gasteiger partial charge in [0.15, 0.2) is 18.1 Å². The SMILES string of the molecule is CSC1OC(C(NC(=O)C2CCC(CCCC(F)F)CCN2C(=O)OCc2oc(=O)oc2C)C(C)Cl)C(O)C(O)C1O. The number of hydrogen-bond donors (Lipinski definition) is 4. The summed E-state index contributed by atoms with van der Waals surface area (Å²) in [5, 5.41) is 33.2. The second kappa shape index (κ2) is 15.7. The summed E-state index contributed by atoms with van der Waals surface area (Å²) < 4.78 is 46.2. The fourth-order valence-corrected chi connectivity index (χ4v) is 6.20. The van der Waals surface area contributed by atoms with Gasteiger partial charge in [0.05, 0.1) is 11.4 Å². The molecule has 0 saturated carbocycles. The highest BCUT2D eigenvalue weighted by Gasteiger charge is 2.48. The molecule has 0 bridgehead atoms. The topological polar surface area (TPSA) is 172 Å². The molecular formula is C26H39ClF2N2O10S. The molecule has 3 rings (SSSR count). The van der Waals surface area contributed by atoms with Gasteiger partial charge in [0, 0.05) is 13.0 Å². The van der Waals surface area contributed by atoms with Gasteiger partial charge in [0.2, 0.25) is 12.3 Å². The first-order valence-corrected chi connectivity index (χ1v) is 15.5. The maximum absolute atomic E-state index is 13.7. The molecule has 3 heterocycles. The van der Waals surface area contributed by atoms with Gasteiger partial charge >= 0.3 is 11.9 Å². The summed E-state index contributed by atoms with van der Waals surface area (Å²) in [6.45, 7) is 2.70. The molecule has 0 aromatic carbocycles. The van der Waals surface area contributed by atoms with Crippen LogP contribution in [0.2, 0.25) is 0 Å². The highest BCUT2D eigenvalue weighted by atomic mass is 35.5. The van der Waals surface area contributed by atoms with Crippen LogP contribution in [-0.4, -0.2) is 98.8 Å². The van der Waals surface area contributed by atoms with E-state index in [4.69, 9.17) is 29.9 Å². The van der Waals surface area contributed by atoms with E-state index >= 15 is 0 Å². The number of nitrogens with zero attached hydrogens (tertiary/aromatic N) is 1. The van der Waals surface area contributed by atoms with Crippen molar-refractivity contribution in [2.24, 2.45) is 5.92 Å². The summed E-state index contributed by atoms with van der Waals surface area (Å²) >= 11 is 7.52. The number of nitrogens with one attached hydrogen (secondary N) is 1. The third-order valence-electron chi connectivity index (χ3n) is 7.73. The molecule has 16 heteroatoms. The van der Waals surface area contributed by atoms with Crippen LogP contribution in [0.1, 0.15) is 57.0 Å². The van der Waals surface area contributed by atoms with Crippen molar-refractivity contribution in [1.29, 1.82) is 0 Å².